The number of anilines is 1. The second-order valence-electron chi connectivity index (χ2n) is 4.86. The van der Waals surface area contributed by atoms with Gasteiger partial charge in [-0.15, -0.1) is 0 Å². The number of carbonyl (C=O) groups is 1. The topological polar surface area (TPSA) is 62.1 Å². The highest BCUT2D eigenvalue weighted by molar-refractivity contribution is 9.10. The number of ether oxygens (including phenoxy) is 1. The summed E-state index contributed by atoms with van der Waals surface area (Å²) in [6.07, 6.45) is -0.526. The first kappa shape index (κ1) is 17.0. The zero-order valence-electron chi connectivity index (χ0n) is 12.3. The number of amides is 1. The molecule has 4 nitrogen and oxygen atoms in total. The van der Waals surface area contributed by atoms with Crippen LogP contribution in [-0.2, 0) is 11.2 Å². The Morgan fingerprint density at radius 1 is 1.39 bits per heavy atom. The number of para-hydroxylation sites is 2. The third-order valence-corrected chi connectivity index (χ3v) is 3.60. The van der Waals surface area contributed by atoms with Gasteiger partial charge in [0.05, 0.1) is 16.6 Å². The predicted octanol–water partition coefficient (Wildman–Crippen LogP) is 4.06. The van der Waals surface area contributed by atoms with Crippen molar-refractivity contribution >= 4 is 27.5 Å². The van der Waals surface area contributed by atoms with Crippen molar-refractivity contribution in [3.05, 3.63) is 58.3 Å². The number of carbonyl (C=O) groups excluding carboxylic acids is 1. The van der Waals surface area contributed by atoms with Crippen molar-refractivity contribution in [2.45, 2.75) is 19.4 Å². The summed E-state index contributed by atoms with van der Waals surface area (Å²) in [5.74, 6) is -0.210. The average molecular weight is 377 g/mol. The number of halogens is 2. The summed E-state index contributed by atoms with van der Waals surface area (Å²) in [5, 5.41) is 11.6. The van der Waals surface area contributed by atoms with Crippen molar-refractivity contribution in [3.8, 4) is 11.8 Å². The molecule has 0 saturated heterocycles. The van der Waals surface area contributed by atoms with E-state index in [-0.39, 0.29) is 18.1 Å². The molecule has 0 spiro atoms. The van der Waals surface area contributed by atoms with Crippen LogP contribution < -0.4 is 10.1 Å². The fourth-order valence-electron chi connectivity index (χ4n) is 1.92. The van der Waals surface area contributed by atoms with Gasteiger partial charge in [-0.05, 0) is 52.7 Å². The molecular formula is C17H14BrFN2O2. The van der Waals surface area contributed by atoms with Crippen LogP contribution >= 0.6 is 15.9 Å². The van der Waals surface area contributed by atoms with Crippen LogP contribution in [0, 0.1) is 17.1 Å². The maximum absolute atomic E-state index is 13.2. The largest absolute Gasteiger partial charge is 0.474 e. The van der Waals surface area contributed by atoms with Crippen LogP contribution in [0.4, 0.5) is 10.1 Å². The number of hydrogen-bond acceptors (Lipinski definition) is 3. The lowest BCUT2D eigenvalue weighted by Crippen LogP contribution is -2.16. The van der Waals surface area contributed by atoms with E-state index in [0.29, 0.717) is 21.5 Å². The molecule has 23 heavy (non-hydrogen) atoms. The molecule has 0 radical (unpaired) electrons. The van der Waals surface area contributed by atoms with Gasteiger partial charge in [0.15, 0.2) is 6.10 Å². The smallest absolute Gasteiger partial charge is 0.228 e. The average Bonchev–Trinajstić information content (AvgIpc) is 2.52. The van der Waals surface area contributed by atoms with Crippen LogP contribution in [0.2, 0.25) is 0 Å². The third-order valence-electron chi connectivity index (χ3n) is 3.00. The third kappa shape index (κ3) is 4.80. The zero-order chi connectivity index (χ0) is 16.8. The first-order valence-electron chi connectivity index (χ1n) is 6.88. The minimum absolute atomic E-state index is 0.0982. The Morgan fingerprint density at radius 2 is 2.13 bits per heavy atom. The Kier molecular flexibility index (Phi) is 5.72. The molecule has 118 valence electrons. The van der Waals surface area contributed by atoms with Gasteiger partial charge >= 0.3 is 0 Å². The number of nitrogens with one attached hydrogen (secondary N) is 1. The lowest BCUT2D eigenvalue weighted by atomic mass is 10.1. The van der Waals surface area contributed by atoms with Crippen molar-refractivity contribution in [2.75, 3.05) is 5.32 Å². The normalized spacial score (nSPS) is 11.4. The van der Waals surface area contributed by atoms with E-state index >= 15 is 0 Å². The monoisotopic (exact) mass is 376 g/mol. The minimum Gasteiger partial charge on any atom is -0.474 e. The quantitative estimate of drug-likeness (QED) is 0.855. The molecular weight excluding hydrogens is 363 g/mol. The van der Waals surface area contributed by atoms with E-state index in [1.54, 1.807) is 43.3 Å². The number of nitriles is 1. The predicted molar refractivity (Wildman–Crippen MR) is 88.6 cm³/mol. The summed E-state index contributed by atoms with van der Waals surface area (Å²) >= 11 is 3.09. The first-order valence-corrected chi connectivity index (χ1v) is 7.68. The lowest BCUT2D eigenvalue weighted by molar-refractivity contribution is -0.115. The van der Waals surface area contributed by atoms with Gasteiger partial charge in [0.25, 0.3) is 0 Å². The molecule has 2 rings (SSSR count). The molecule has 0 bridgehead atoms. The maximum atomic E-state index is 13.2. The Hall–Kier alpha value is -2.39. The van der Waals surface area contributed by atoms with Gasteiger partial charge in [0.1, 0.15) is 17.6 Å². The van der Waals surface area contributed by atoms with Gasteiger partial charge in [-0.2, -0.15) is 5.26 Å². The summed E-state index contributed by atoms with van der Waals surface area (Å²) in [7, 11) is 0. The molecule has 0 saturated carbocycles. The molecule has 6 heteroatoms. The summed E-state index contributed by atoms with van der Waals surface area (Å²) in [4.78, 5) is 12.1. The van der Waals surface area contributed by atoms with Crippen LogP contribution in [0.1, 0.15) is 12.5 Å². The van der Waals surface area contributed by atoms with Gasteiger partial charge in [-0.1, -0.05) is 18.2 Å². The maximum Gasteiger partial charge on any atom is 0.228 e. The molecule has 2 aromatic rings. The summed E-state index contributed by atoms with van der Waals surface area (Å²) in [6, 6.07) is 13.3. The highest BCUT2D eigenvalue weighted by Crippen LogP contribution is 2.25. The van der Waals surface area contributed by atoms with Crippen LogP contribution in [0.25, 0.3) is 0 Å². The van der Waals surface area contributed by atoms with Gasteiger partial charge in [-0.25, -0.2) is 4.39 Å². The SMILES string of the molecule is CC(C#N)Oc1ccccc1NC(=O)Cc1ccc(F)c(Br)c1. The molecule has 0 aliphatic rings. The standard InChI is InChI=1S/C17H14BrFN2O2/c1-11(10-20)23-16-5-3-2-4-15(16)21-17(22)9-12-6-7-14(19)13(18)8-12/h2-8,11H,9H2,1H3,(H,21,22). The van der Waals surface area contributed by atoms with Crippen LogP contribution in [0.3, 0.4) is 0 Å². The number of rotatable bonds is 5. The van der Waals surface area contributed by atoms with E-state index < -0.39 is 6.10 Å². The molecule has 0 fully saturated rings. The van der Waals surface area contributed by atoms with Crippen molar-refractivity contribution < 1.29 is 13.9 Å². The second kappa shape index (κ2) is 7.75. The Balaban J connectivity index is 2.08. The molecule has 0 aliphatic carbocycles. The molecule has 1 N–H and O–H groups in total. The van der Waals surface area contributed by atoms with E-state index in [1.165, 1.54) is 6.07 Å². The Bertz CT molecular complexity index is 758. The number of nitrogens with zero attached hydrogens (tertiary/aromatic N) is 1. The van der Waals surface area contributed by atoms with Crippen molar-refractivity contribution in [1.29, 1.82) is 5.26 Å². The lowest BCUT2D eigenvalue weighted by Gasteiger charge is -2.13. The van der Waals surface area contributed by atoms with Crippen LogP contribution in [0.15, 0.2) is 46.9 Å². The summed E-state index contributed by atoms with van der Waals surface area (Å²) < 4.78 is 19.0. The number of benzene rings is 2. The van der Waals surface area contributed by atoms with Crippen molar-refractivity contribution in [3.63, 3.8) is 0 Å². The molecule has 1 amide bonds. The number of hydrogen-bond donors (Lipinski definition) is 1. The molecule has 0 aliphatic heterocycles. The van der Waals surface area contributed by atoms with Crippen molar-refractivity contribution in [2.24, 2.45) is 0 Å². The van der Waals surface area contributed by atoms with Crippen molar-refractivity contribution in [1.82, 2.24) is 0 Å². The molecule has 0 heterocycles. The van der Waals surface area contributed by atoms with E-state index in [2.05, 4.69) is 21.2 Å². The van der Waals surface area contributed by atoms with E-state index in [1.807, 2.05) is 6.07 Å². The van der Waals surface area contributed by atoms with Crippen LogP contribution in [-0.4, -0.2) is 12.0 Å². The van der Waals surface area contributed by atoms with E-state index in [9.17, 15) is 9.18 Å². The Labute approximate surface area is 142 Å². The van der Waals surface area contributed by atoms with E-state index in [0.717, 1.165) is 0 Å². The van der Waals surface area contributed by atoms with Gasteiger partial charge in [0, 0.05) is 0 Å². The second-order valence-corrected chi connectivity index (χ2v) is 5.71. The first-order chi connectivity index (χ1) is 11.0. The van der Waals surface area contributed by atoms with Gasteiger partial charge in [-0.3, -0.25) is 4.79 Å². The van der Waals surface area contributed by atoms with Gasteiger partial charge < -0.3 is 10.1 Å². The zero-order valence-corrected chi connectivity index (χ0v) is 13.9. The summed E-state index contributed by atoms with van der Waals surface area (Å²) in [5.41, 5.74) is 1.17. The minimum atomic E-state index is -0.624. The van der Waals surface area contributed by atoms with Crippen LogP contribution in [0.5, 0.6) is 5.75 Å². The summed E-state index contributed by atoms with van der Waals surface area (Å²) in [6.45, 7) is 1.62. The fraction of sp³-hybridized carbons (Fsp3) is 0.176. The Morgan fingerprint density at radius 3 is 2.83 bits per heavy atom. The molecule has 1 atom stereocenters. The molecule has 0 aromatic heterocycles. The molecule has 2 aromatic carbocycles. The van der Waals surface area contributed by atoms with E-state index in [4.69, 9.17) is 10.00 Å². The van der Waals surface area contributed by atoms with Gasteiger partial charge in [0.2, 0.25) is 5.91 Å². The molecule has 1 unspecified atom stereocenters. The highest BCUT2D eigenvalue weighted by atomic mass is 79.9. The fourth-order valence-corrected chi connectivity index (χ4v) is 2.35. The highest BCUT2D eigenvalue weighted by Gasteiger charge is 2.11.